The van der Waals surface area contributed by atoms with Gasteiger partial charge in [0.05, 0.1) is 18.3 Å². The summed E-state index contributed by atoms with van der Waals surface area (Å²) in [7, 11) is 5.14. The van der Waals surface area contributed by atoms with Crippen LogP contribution in [0.25, 0.3) is 0 Å². The highest BCUT2D eigenvalue weighted by atomic mass is 16.5. The summed E-state index contributed by atoms with van der Waals surface area (Å²) in [6.45, 7) is 2.55. The van der Waals surface area contributed by atoms with Gasteiger partial charge >= 0.3 is 5.97 Å². The molecule has 1 aromatic rings. The second kappa shape index (κ2) is 7.91. The molecule has 1 rings (SSSR count). The van der Waals surface area contributed by atoms with Crippen molar-refractivity contribution in [3.8, 4) is 0 Å². The summed E-state index contributed by atoms with van der Waals surface area (Å²) in [5, 5.41) is 12.9. The molecule has 1 atom stereocenters. The van der Waals surface area contributed by atoms with Gasteiger partial charge in [0.15, 0.2) is 0 Å². The summed E-state index contributed by atoms with van der Waals surface area (Å²) in [5.74, 6) is -0.830. The third kappa shape index (κ3) is 5.83. The van der Waals surface area contributed by atoms with Crippen molar-refractivity contribution in [1.29, 1.82) is 0 Å². The molecule has 0 aliphatic carbocycles. The number of nitrogens with one attached hydrogen (secondary N) is 1. The zero-order valence-electron chi connectivity index (χ0n) is 13.5. The molecule has 0 spiro atoms. The number of amides is 1. The number of hydrogen-bond acceptors (Lipinski definition) is 5. The van der Waals surface area contributed by atoms with Crippen LogP contribution in [0.15, 0.2) is 24.3 Å². The van der Waals surface area contributed by atoms with Crippen LogP contribution in [0.3, 0.4) is 0 Å². The molecule has 2 N–H and O–H groups in total. The van der Waals surface area contributed by atoms with Crippen molar-refractivity contribution in [3.63, 3.8) is 0 Å². The normalized spacial score (nSPS) is 13.5. The summed E-state index contributed by atoms with van der Waals surface area (Å²) in [6, 6.07) is 6.27. The fraction of sp³-hybridized carbons (Fsp3) is 0.500. The number of esters is 1. The van der Waals surface area contributed by atoms with Gasteiger partial charge in [0.1, 0.15) is 0 Å². The van der Waals surface area contributed by atoms with Crippen LogP contribution in [-0.2, 0) is 4.74 Å². The molecule has 122 valence electrons. The Hall–Kier alpha value is -1.92. The van der Waals surface area contributed by atoms with Crippen molar-refractivity contribution >= 4 is 11.9 Å². The topological polar surface area (TPSA) is 78.9 Å². The summed E-state index contributed by atoms with van der Waals surface area (Å²) in [5.41, 5.74) is -0.319. The van der Waals surface area contributed by atoms with Crippen molar-refractivity contribution in [2.75, 3.05) is 34.3 Å². The Morgan fingerprint density at radius 1 is 1.32 bits per heavy atom. The smallest absolute Gasteiger partial charge is 0.337 e. The number of rotatable bonds is 7. The van der Waals surface area contributed by atoms with Crippen LogP contribution in [0.4, 0.5) is 0 Å². The van der Waals surface area contributed by atoms with E-state index in [0.29, 0.717) is 17.5 Å². The van der Waals surface area contributed by atoms with Gasteiger partial charge in [0.2, 0.25) is 0 Å². The molecule has 1 aromatic carbocycles. The van der Waals surface area contributed by atoms with E-state index < -0.39 is 11.6 Å². The Morgan fingerprint density at radius 2 is 1.95 bits per heavy atom. The lowest BCUT2D eigenvalue weighted by atomic mass is 10.0. The molecular weight excluding hydrogens is 284 g/mol. The molecule has 0 aliphatic rings. The molecular formula is C16H24N2O4. The Balaban J connectivity index is 2.64. The third-order valence-corrected chi connectivity index (χ3v) is 3.27. The molecule has 1 amide bonds. The number of aliphatic hydroxyl groups is 1. The van der Waals surface area contributed by atoms with Crippen molar-refractivity contribution in [2.24, 2.45) is 0 Å². The molecule has 22 heavy (non-hydrogen) atoms. The van der Waals surface area contributed by atoms with E-state index in [9.17, 15) is 14.7 Å². The standard InChI is InChI=1S/C16H24N2O4/c1-16(21,8-9-18(2)3)11-17-14(19)12-6-5-7-13(10-12)15(20)22-4/h5-7,10,21H,8-9,11H2,1-4H3,(H,17,19)/t16-/m1/s1. The summed E-state index contributed by atoms with van der Waals surface area (Å²) >= 11 is 0. The molecule has 6 nitrogen and oxygen atoms in total. The van der Waals surface area contributed by atoms with Crippen LogP contribution in [0, 0.1) is 0 Å². The number of carbonyl (C=O) groups excluding carboxylic acids is 2. The fourth-order valence-corrected chi connectivity index (χ4v) is 1.83. The Bertz CT molecular complexity index is 527. The minimum absolute atomic E-state index is 0.141. The number of benzene rings is 1. The van der Waals surface area contributed by atoms with E-state index in [4.69, 9.17) is 0 Å². The fourth-order valence-electron chi connectivity index (χ4n) is 1.83. The molecule has 0 heterocycles. The van der Waals surface area contributed by atoms with E-state index in [0.717, 1.165) is 6.54 Å². The van der Waals surface area contributed by atoms with Gasteiger partial charge in [-0.25, -0.2) is 4.79 Å². The van der Waals surface area contributed by atoms with Gasteiger partial charge in [0.25, 0.3) is 5.91 Å². The van der Waals surface area contributed by atoms with Crippen LogP contribution in [0.1, 0.15) is 34.1 Å². The van der Waals surface area contributed by atoms with E-state index in [1.807, 2.05) is 19.0 Å². The van der Waals surface area contributed by atoms with E-state index in [1.165, 1.54) is 13.2 Å². The van der Waals surface area contributed by atoms with Crippen molar-refractivity contribution in [3.05, 3.63) is 35.4 Å². The minimum Gasteiger partial charge on any atom is -0.465 e. The molecule has 0 saturated heterocycles. The van der Waals surface area contributed by atoms with E-state index in [1.54, 1.807) is 25.1 Å². The number of nitrogens with zero attached hydrogens (tertiary/aromatic N) is 1. The zero-order valence-corrected chi connectivity index (χ0v) is 13.5. The monoisotopic (exact) mass is 308 g/mol. The maximum absolute atomic E-state index is 12.1. The minimum atomic E-state index is -0.986. The summed E-state index contributed by atoms with van der Waals surface area (Å²) in [6.07, 6.45) is 0.544. The number of hydrogen-bond donors (Lipinski definition) is 2. The van der Waals surface area contributed by atoms with Gasteiger partial charge in [-0.3, -0.25) is 4.79 Å². The van der Waals surface area contributed by atoms with E-state index in [-0.39, 0.29) is 12.5 Å². The van der Waals surface area contributed by atoms with Gasteiger partial charge in [-0.2, -0.15) is 0 Å². The van der Waals surface area contributed by atoms with E-state index >= 15 is 0 Å². The lowest BCUT2D eigenvalue weighted by molar-refractivity contribution is 0.0416. The quantitative estimate of drug-likeness (QED) is 0.732. The third-order valence-electron chi connectivity index (χ3n) is 3.27. The van der Waals surface area contributed by atoms with Gasteiger partial charge in [-0.05, 0) is 45.6 Å². The molecule has 0 aromatic heterocycles. The van der Waals surface area contributed by atoms with Crippen molar-refractivity contribution in [1.82, 2.24) is 10.2 Å². The lowest BCUT2D eigenvalue weighted by Crippen LogP contribution is -2.42. The molecule has 0 saturated carbocycles. The second-order valence-electron chi connectivity index (χ2n) is 5.81. The first-order chi connectivity index (χ1) is 10.2. The Labute approximate surface area is 131 Å². The van der Waals surface area contributed by atoms with Crippen LogP contribution in [0.2, 0.25) is 0 Å². The average molecular weight is 308 g/mol. The average Bonchev–Trinajstić information content (AvgIpc) is 2.50. The molecule has 0 radical (unpaired) electrons. The number of methoxy groups -OCH3 is 1. The number of ether oxygens (including phenoxy) is 1. The van der Waals surface area contributed by atoms with Crippen molar-refractivity contribution < 1.29 is 19.4 Å². The molecule has 0 bridgehead atoms. The molecule has 6 heteroatoms. The van der Waals surface area contributed by atoms with Gasteiger partial charge in [-0.1, -0.05) is 6.07 Å². The van der Waals surface area contributed by atoms with Gasteiger partial charge in [0, 0.05) is 18.7 Å². The second-order valence-corrected chi connectivity index (χ2v) is 5.81. The predicted molar refractivity (Wildman–Crippen MR) is 83.9 cm³/mol. The highest BCUT2D eigenvalue weighted by Gasteiger charge is 2.21. The van der Waals surface area contributed by atoms with Gasteiger partial charge < -0.3 is 20.1 Å². The van der Waals surface area contributed by atoms with Crippen molar-refractivity contribution in [2.45, 2.75) is 18.9 Å². The first-order valence-electron chi connectivity index (χ1n) is 7.09. The molecule has 0 fully saturated rings. The maximum Gasteiger partial charge on any atom is 0.337 e. The summed E-state index contributed by atoms with van der Waals surface area (Å²) in [4.78, 5) is 25.5. The predicted octanol–water partition coefficient (Wildman–Crippen LogP) is 0.906. The first kappa shape index (κ1) is 18.1. The largest absolute Gasteiger partial charge is 0.465 e. The Kier molecular flexibility index (Phi) is 6.52. The summed E-state index contributed by atoms with van der Waals surface area (Å²) < 4.78 is 4.62. The first-order valence-corrected chi connectivity index (χ1v) is 7.09. The maximum atomic E-state index is 12.1. The molecule has 0 unspecified atom stereocenters. The SMILES string of the molecule is COC(=O)c1cccc(C(=O)NC[C@](C)(O)CCN(C)C)c1. The van der Waals surface area contributed by atoms with E-state index in [2.05, 4.69) is 10.1 Å². The zero-order chi connectivity index (χ0) is 16.8. The molecule has 0 aliphatic heterocycles. The highest BCUT2D eigenvalue weighted by molar-refractivity contribution is 5.97. The van der Waals surface area contributed by atoms with Crippen LogP contribution in [-0.4, -0.2) is 61.8 Å². The van der Waals surface area contributed by atoms with Crippen LogP contribution >= 0.6 is 0 Å². The lowest BCUT2D eigenvalue weighted by Gasteiger charge is -2.25. The van der Waals surface area contributed by atoms with Crippen LogP contribution in [0.5, 0.6) is 0 Å². The number of carbonyl (C=O) groups is 2. The highest BCUT2D eigenvalue weighted by Crippen LogP contribution is 2.10. The Morgan fingerprint density at radius 3 is 2.55 bits per heavy atom. The van der Waals surface area contributed by atoms with Crippen LogP contribution < -0.4 is 5.32 Å². The van der Waals surface area contributed by atoms with Gasteiger partial charge in [-0.15, -0.1) is 0 Å².